The lowest BCUT2D eigenvalue weighted by molar-refractivity contribution is 0.0962. The molecule has 0 saturated carbocycles. The van der Waals surface area contributed by atoms with Gasteiger partial charge in [0.1, 0.15) is 5.82 Å². The fourth-order valence-corrected chi connectivity index (χ4v) is 4.54. The average molecular weight is 451 g/mol. The highest BCUT2D eigenvalue weighted by Crippen LogP contribution is 2.37. The first-order chi connectivity index (χ1) is 15.6. The van der Waals surface area contributed by atoms with E-state index in [-0.39, 0.29) is 18.0 Å². The standard InChI is InChI=1S/C24H23FN4O2S/c1-15-20(23-27-22(28-31-23)17-9-11-18(25)12-10-17)21(16-6-3-2-4-7-16)26-24(32)29(15)14-19-8-5-13-30-19/h2-4,6-7,9-12,19,21H,5,8,13-14H2,1H3,(H,26,32). The molecule has 2 unspecified atom stereocenters. The number of halogens is 1. The van der Waals surface area contributed by atoms with Crippen LogP contribution in [0.5, 0.6) is 0 Å². The Morgan fingerprint density at radius 1 is 1.16 bits per heavy atom. The Hall–Kier alpha value is -3.10. The molecule has 3 heterocycles. The van der Waals surface area contributed by atoms with Crippen LogP contribution >= 0.6 is 12.2 Å². The number of hydrogen-bond acceptors (Lipinski definition) is 5. The van der Waals surface area contributed by atoms with Gasteiger partial charge in [0.05, 0.1) is 24.3 Å². The van der Waals surface area contributed by atoms with E-state index in [9.17, 15) is 4.39 Å². The van der Waals surface area contributed by atoms with Crippen molar-refractivity contribution in [2.45, 2.75) is 31.9 Å². The van der Waals surface area contributed by atoms with Crippen molar-refractivity contribution in [2.24, 2.45) is 0 Å². The van der Waals surface area contributed by atoms with Gasteiger partial charge in [0, 0.05) is 17.9 Å². The molecule has 1 saturated heterocycles. The first-order valence-electron chi connectivity index (χ1n) is 10.7. The Bertz CT molecular complexity index is 1140. The van der Waals surface area contributed by atoms with E-state index in [1.54, 1.807) is 12.1 Å². The molecule has 164 valence electrons. The maximum absolute atomic E-state index is 13.3. The van der Waals surface area contributed by atoms with E-state index in [1.807, 2.05) is 37.3 Å². The number of nitrogens with one attached hydrogen (secondary N) is 1. The Labute approximate surface area is 191 Å². The lowest BCUT2D eigenvalue weighted by atomic mass is 9.94. The second-order valence-corrected chi connectivity index (χ2v) is 8.35. The summed E-state index contributed by atoms with van der Waals surface area (Å²) in [6.07, 6.45) is 2.21. The molecule has 32 heavy (non-hydrogen) atoms. The molecule has 1 aromatic heterocycles. The Morgan fingerprint density at radius 3 is 2.66 bits per heavy atom. The van der Waals surface area contributed by atoms with Crippen LogP contribution in [0.3, 0.4) is 0 Å². The number of hydrogen-bond donors (Lipinski definition) is 1. The maximum Gasteiger partial charge on any atom is 0.258 e. The number of aromatic nitrogens is 2. The highest BCUT2D eigenvalue weighted by molar-refractivity contribution is 7.80. The van der Waals surface area contributed by atoms with Gasteiger partial charge in [-0.25, -0.2) is 4.39 Å². The number of allylic oxidation sites excluding steroid dienone is 1. The molecule has 2 aliphatic heterocycles. The molecule has 0 spiro atoms. The Morgan fingerprint density at radius 2 is 1.94 bits per heavy atom. The van der Waals surface area contributed by atoms with Gasteiger partial charge in [-0.15, -0.1) is 0 Å². The van der Waals surface area contributed by atoms with E-state index in [0.717, 1.165) is 36.3 Å². The third kappa shape index (κ3) is 4.03. The largest absolute Gasteiger partial charge is 0.376 e. The van der Waals surface area contributed by atoms with E-state index < -0.39 is 0 Å². The van der Waals surface area contributed by atoms with Crippen molar-refractivity contribution >= 4 is 22.9 Å². The molecule has 2 atom stereocenters. The molecule has 0 aliphatic carbocycles. The van der Waals surface area contributed by atoms with Crippen molar-refractivity contribution in [3.8, 4) is 11.4 Å². The molecule has 0 bridgehead atoms. The van der Waals surface area contributed by atoms with Gasteiger partial charge in [0.2, 0.25) is 5.82 Å². The summed E-state index contributed by atoms with van der Waals surface area (Å²) in [4.78, 5) is 6.71. The van der Waals surface area contributed by atoms with E-state index in [2.05, 4.69) is 20.4 Å². The molecule has 0 amide bonds. The Kier molecular flexibility index (Phi) is 5.71. The summed E-state index contributed by atoms with van der Waals surface area (Å²) in [5, 5.41) is 8.26. The van der Waals surface area contributed by atoms with Crippen LogP contribution in [0.1, 0.15) is 37.3 Å². The zero-order valence-corrected chi connectivity index (χ0v) is 18.4. The van der Waals surface area contributed by atoms with Crippen LogP contribution in [-0.2, 0) is 4.74 Å². The smallest absolute Gasteiger partial charge is 0.258 e. The third-order valence-corrected chi connectivity index (χ3v) is 6.24. The minimum atomic E-state index is -0.310. The van der Waals surface area contributed by atoms with Gasteiger partial charge in [0.25, 0.3) is 5.89 Å². The normalized spacial score (nSPS) is 21.2. The maximum atomic E-state index is 13.3. The predicted octanol–water partition coefficient (Wildman–Crippen LogP) is 4.72. The third-order valence-electron chi connectivity index (χ3n) is 5.90. The highest BCUT2D eigenvalue weighted by atomic mass is 32.1. The summed E-state index contributed by atoms with van der Waals surface area (Å²) in [6.45, 7) is 3.47. The van der Waals surface area contributed by atoms with Crippen LogP contribution < -0.4 is 5.32 Å². The van der Waals surface area contributed by atoms with Crippen LogP contribution in [0.2, 0.25) is 0 Å². The number of thiocarbonyl (C=S) groups is 1. The zero-order valence-electron chi connectivity index (χ0n) is 17.6. The molecule has 2 aliphatic rings. The molecule has 1 fully saturated rings. The first-order valence-corrected chi connectivity index (χ1v) is 11.1. The van der Waals surface area contributed by atoms with Crippen molar-refractivity contribution in [2.75, 3.05) is 13.2 Å². The van der Waals surface area contributed by atoms with Gasteiger partial charge < -0.3 is 19.5 Å². The van der Waals surface area contributed by atoms with E-state index >= 15 is 0 Å². The molecule has 1 N–H and O–H groups in total. The molecular formula is C24H23FN4O2S. The van der Waals surface area contributed by atoms with Crippen LogP contribution in [0.25, 0.3) is 17.0 Å². The SMILES string of the molecule is CC1=C(c2nc(-c3ccc(F)cc3)no2)C(c2ccccc2)NC(=S)N1CC1CCCO1. The highest BCUT2D eigenvalue weighted by Gasteiger charge is 2.35. The molecule has 2 aromatic carbocycles. The van der Waals surface area contributed by atoms with Crippen molar-refractivity contribution in [1.82, 2.24) is 20.4 Å². The second-order valence-electron chi connectivity index (χ2n) is 7.97. The second kappa shape index (κ2) is 8.80. The van der Waals surface area contributed by atoms with E-state index in [0.29, 0.717) is 28.9 Å². The number of nitrogens with zero attached hydrogens (tertiary/aromatic N) is 3. The summed E-state index contributed by atoms with van der Waals surface area (Å²) in [5.74, 6) is 0.504. The fourth-order valence-electron chi connectivity index (χ4n) is 4.21. The summed E-state index contributed by atoms with van der Waals surface area (Å²) in [5.41, 5.74) is 3.55. The van der Waals surface area contributed by atoms with Gasteiger partial charge in [-0.1, -0.05) is 35.5 Å². The number of rotatable bonds is 5. The molecular weight excluding hydrogens is 427 g/mol. The van der Waals surface area contributed by atoms with Crippen molar-refractivity contribution in [3.63, 3.8) is 0 Å². The summed E-state index contributed by atoms with van der Waals surface area (Å²) in [6, 6.07) is 15.8. The monoisotopic (exact) mass is 450 g/mol. The van der Waals surface area contributed by atoms with Gasteiger partial charge in [-0.2, -0.15) is 4.98 Å². The van der Waals surface area contributed by atoms with Crippen molar-refractivity contribution in [3.05, 3.63) is 77.6 Å². The van der Waals surface area contributed by atoms with Crippen LogP contribution in [-0.4, -0.2) is 39.4 Å². The summed E-state index contributed by atoms with van der Waals surface area (Å²) >= 11 is 5.74. The minimum absolute atomic E-state index is 0.136. The summed E-state index contributed by atoms with van der Waals surface area (Å²) < 4.78 is 24.9. The number of benzene rings is 2. The van der Waals surface area contributed by atoms with Crippen LogP contribution in [0, 0.1) is 5.82 Å². The van der Waals surface area contributed by atoms with E-state index in [4.69, 9.17) is 21.5 Å². The van der Waals surface area contributed by atoms with E-state index in [1.165, 1.54) is 12.1 Å². The minimum Gasteiger partial charge on any atom is -0.376 e. The van der Waals surface area contributed by atoms with Crippen LogP contribution in [0.15, 0.2) is 64.8 Å². The zero-order chi connectivity index (χ0) is 22.1. The number of ether oxygens (including phenoxy) is 1. The first kappa shape index (κ1) is 20.8. The van der Waals surface area contributed by atoms with Gasteiger partial charge >= 0.3 is 0 Å². The predicted molar refractivity (Wildman–Crippen MR) is 123 cm³/mol. The lowest BCUT2D eigenvalue weighted by Crippen LogP contribution is -2.48. The summed E-state index contributed by atoms with van der Waals surface area (Å²) in [7, 11) is 0. The van der Waals surface area contributed by atoms with Crippen molar-refractivity contribution < 1.29 is 13.7 Å². The molecule has 8 heteroatoms. The van der Waals surface area contributed by atoms with Gasteiger partial charge in [0.15, 0.2) is 5.11 Å². The quantitative estimate of drug-likeness (QED) is 0.565. The lowest BCUT2D eigenvalue weighted by Gasteiger charge is -2.38. The average Bonchev–Trinajstić information content (AvgIpc) is 3.50. The molecule has 5 rings (SSSR count). The topological polar surface area (TPSA) is 63.4 Å². The molecule has 6 nitrogen and oxygen atoms in total. The van der Waals surface area contributed by atoms with Gasteiger partial charge in [-0.3, -0.25) is 0 Å². The molecule has 3 aromatic rings. The van der Waals surface area contributed by atoms with Gasteiger partial charge in [-0.05, 0) is 61.8 Å². The van der Waals surface area contributed by atoms with Crippen molar-refractivity contribution in [1.29, 1.82) is 0 Å². The fraction of sp³-hybridized carbons (Fsp3) is 0.292. The molecule has 0 radical (unpaired) electrons. The van der Waals surface area contributed by atoms with Crippen LogP contribution in [0.4, 0.5) is 4.39 Å². The Balaban J connectivity index is 1.56.